The van der Waals surface area contributed by atoms with Crippen LogP contribution in [0.25, 0.3) is 0 Å². The summed E-state index contributed by atoms with van der Waals surface area (Å²) in [5, 5.41) is 21.8. The summed E-state index contributed by atoms with van der Waals surface area (Å²) in [6.45, 7) is 0.861. The Morgan fingerprint density at radius 2 is 1.96 bits per heavy atom. The molecular weight excluding hydrogens is 298 g/mol. The fraction of sp³-hybridized carbons (Fsp3) is 0.500. The molecule has 7 heteroatoms. The van der Waals surface area contributed by atoms with E-state index in [4.69, 9.17) is 11.5 Å². The zero-order chi connectivity index (χ0) is 17.2. The van der Waals surface area contributed by atoms with E-state index in [-0.39, 0.29) is 29.6 Å². The van der Waals surface area contributed by atoms with Crippen molar-refractivity contribution in [3.05, 3.63) is 23.8 Å². The van der Waals surface area contributed by atoms with Gasteiger partial charge in [0.2, 0.25) is 5.91 Å². The van der Waals surface area contributed by atoms with Gasteiger partial charge in [-0.1, -0.05) is 0 Å². The number of nitrogens with two attached hydrogens (primary N) is 2. The highest BCUT2D eigenvalue weighted by atomic mass is 16.3. The second kappa shape index (κ2) is 9.81. The summed E-state index contributed by atoms with van der Waals surface area (Å²) in [5.74, 6) is -0.316. The fourth-order valence-electron chi connectivity index (χ4n) is 2.13. The number of benzene rings is 1. The summed E-state index contributed by atoms with van der Waals surface area (Å²) in [6.07, 6.45) is 2.24. The van der Waals surface area contributed by atoms with Crippen LogP contribution in [0.3, 0.4) is 0 Å². The molecule has 1 unspecified atom stereocenters. The lowest BCUT2D eigenvalue weighted by Gasteiger charge is -2.12. The van der Waals surface area contributed by atoms with E-state index in [0.717, 1.165) is 6.42 Å². The number of unbranched alkanes of at least 4 members (excludes halogenated alkanes) is 1. The number of nitrogens with one attached hydrogen (secondary N) is 1. The molecule has 0 saturated carbocycles. The van der Waals surface area contributed by atoms with E-state index in [1.165, 1.54) is 18.2 Å². The predicted molar refractivity (Wildman–Crippen MR) is 87.0 cm³/mol. The monoisotopic (exact) mass is 323 g/mol. The second-order valence-electron chi connectivity index (χ2n) is 5.45. The predicted octanol–water partition coefficient (Wildman–Crippen LogP) is 0.172. The molecule has 1 rings (SSSR count). The molecule has 0 bridgehead atoms. The Morgan fingerprint density at radius 3 is 2.65 bits per heavy atom. The zero-order valence-corrected chi connectivity index (χ0v) is 13.1. The number of aromatic hydroxyl groups is 2. The molecule has 1 atom stereocenters. The highest BCUT2D eigenvalue weighted by Gasteiger charge is 2.16. The number of hydrogen-bond acceptors (Lipinski definition) is 6. The van der Waals surface area contributed by atoms with E-state index < -0.39 is 6.04 Å². The molecule has 7 nitrogen and oxygen atoms in total. The maximum Gasteiger partial charge on any atom is 0.221 e. The number of ketones is 1. The van der Waals surface area contributed by atoms with E-state index in [1.54, 1.807) is 0 Å². The Bertz CT molecular complexity index is 534. The first-order valence-electron chi connectivity index (χ1n) is 7.70. The molecule has 0 aliphatic rings. The van der Waals surface area contributed by atoms with E-state index in [9.17, 15) is 19.8 Å². The number of hydrogen-bond donors (Lipinski definition) is 5. The third-order valence-electron chi connectivity index (χ3n) is 3.48. The smallest absolute Gasteiger partial charge is 0.221 e. The molecule has 0 heterocycles. The van der Waals surface area contributed by atoms with Crippen LogP contribution < -0.4 is 16.8 Å². The molecule has 0 aliphatic carbocycles. The molecule has 0 aromatic heterocycles. The van der Waals surface area contributed by atoms with E-state index in [2.05, 4.69) is 5.32 Å². The minimum Gasteiger partial charge on any atom is -0.508 e. The van der Waals surface area contributed by atoms with Gasteiger partial charge in [0.15, 0.2) is 5.78 Å². The first kappa shape index (κ1) is 18.9. The number of amides is 1. The summed E-state index contributed by atoms with van der Waals surface area (Å²) in [4.78, 5) is 23.2. The van der Waals surface area contributed by atoms with Gasteiger partial charge in [0.05, 0.1) is 6.04 Å². The van der Waals surface area contributed by atoms with Crippen LogP contribution in [0.15, 0.2) is 18.2 Å². The summed E-state index contributed by atoms with van der Waals surface area (Å²) in [7, 11) is 0. The number of carbonyl (C=O) groups is 2. The number of carbonyl (C=O) groups excluding carboxylic acids is 2. The minimum atomic E-state index is -0.628. The van der Waals surface area contributed by atoms with Crippen LogP contribution in [0.4, 0.5) is 0 Å². The quantitative estimate of drug-likeness (QED) is 0.307. The maximum absolute atomic E-state index is 12.0. The normalized spacial score (nSPS) is 11.9. The lowest BCUT2D eigenvalue weighted by atomic mass is 9.99. The van der Waals surface area contributed by atoms with Crippen molar-refractivity contribution in [2.24, 2.45) is 11.5 Å². The molecule has 1 aromatic rings. The number of Topliss-reactive ketones (excluding diaryl/α,β-unsaturated/α-hetero) is 1. The van der Waals surface area contributed by atoms with Crippen molar-refractivity contribution < 1.29 is 19.8 Å². The first-order chi connectivity index (χ1) is 10.9. The van der Waals surface area contributed by atoms with Crippen molar-refractivity contribution in [2.75, 3.05) is 13.1 Å². The van der Waals surface area contributed by atoms with Crippen molar-refractivity contribution in [3.63, 3.8) is 0 Å². The Morgan fingerprint density at radius 1 is 1.22 bits per heavy atom. The van der Waals surface area contributed by atoms with Crippen LogP contribution in [-0.4, -0.2) is 41.0 Å². The average molecular weight is 323 g/mol. The van der Waals surface area contributed by atoms with Gasteiger partial charge >= 0.3 is 0 Å². The molecule has 7 N–H and O–H groups in total. The molecule has 1 aromatic carbocycles. The van der Waals surface area contributed by atoms with E-state index in [1.807, 2.05) is 0 Å². The van der Waals surface area contributed by atoms with Gasteiger partial charge in [0, 0.05) is 31.5 Å². The van der Waals surface area contributed by atoms with Crippen molar-refractivity contribution in [1.29, 1.82) is 0 Å². The van der Waals surface area contributed by atoms with Gasteiger partial charge in [-0.3, -0.25) is 9.59 Å². The number of rotatable bonds is 10. The van der Waals surface area contributed by atoms with Gasteiger partial charge in [-0.25, -0.2) is 0 Å². The van der Waals surface area contributed by atoms with Crippen LogP contribution in [0.2, 0.25) is 0 Å². The summed E-state index contributed by atoms with van der Waals surface area (Å²) < 4.78 is 0. The average Bonchev–Trinajstić information content (AvgIpc) is 2.50. The van der Waals surface area contributed by atoms with Gasteiger partial charge in [0.1, 0.15) is 11.5 Å². The van der Waals surface area contributed by atoms with Gasteiger partial charge in [-0.15, -0.1) is 0 Å². The Hall–Kier alpha value is -2.12. The highest BCUT2D eigenvalue weighted by molar-refractivity contribution is 5.86. The molecule has 0 radical (unpaired) electrons. The molecule has 23 heavy (non-hydrogen) atoms. The zero-order valence-electron chi connectivity index (χ0n) is 13.1. The molecular formula is C16H25N3O4. The van der Waals surface area contributed by atoms with Crippen molar-refractivity contribution in [1.82, 2.24) is 5.32 Å². The van der Waals surface area contributed by atoms with Crippen molar-refractivity contribution in [2.45, 2.75) is 38.1 Å². The largest absolute Gasteiger partial charge is 0.508 e. The highest BCUT2D eigenvalue weighted by Crippen LogP contribution is 2.23. The van der Waals surface area contributed by atoms with Crippen molar-refractivity contribution in [3.8, 4) is 11.5 Å². The second-order valence-corrected chi connectivity index (χ2v) is 5.45. The molecule has 0 saturated heterocycles. The van der Waals surface area contributed by atoms with Crippen LogP contribution in [0.1, 0.15) is 31.2 Å². The number of phenols is 2. The van der Waals surface area contributed by atoms with Crippen molar-refractivity contribution >= 4 is 11.7 Å². The van der Waals surface area contributed by atoms with Crippen LogP contribution in [0, 0.1) is 0 Å². The maximum atomic E-state index is 12.0. The topological polar surface area (TPSA) is 139 Å². The summed E-state index contributed by atoms with van der Waals surface area (Å²) in [5.41, 5.74) is 11.5. The molecule has 0 fully saturated rings. The molecule has 128 valence electrons. The molecule has 1 amide bonds. The Balaban J connectivity index is 2.29. The first-order valence-corrected chi connectivity index (χ1v) is 7.70. The van der Waals surface area contributed by atoms with Gasteiger partial charge < -0.3 is 27.0 Å². The molecule has 0 aliphatic heterocycles. The lowest BCUT2D eigenvalue weighted by molar-refractivity contribution is -0.121. The third kappa shape index (κ3) is 7.12. The third-order valence-corrected chi connectivity index (χ3v) is 3.48. The van der Waals surface area contributed by atoms with Crippen LogP contribution in [-0.2, 0) is 16.0 Å². The van der Waals surface area contributed by atoms with Crippen LogP contribution >= 0.6 is 0 Å². The number of phenolic OH excluding ortho intramolecular Hbond substituents is 2. The fourth-order valence-corrected chi connectivity index (χ4v) is 2.13. The van der Waals surface area contributed by atoms with E-state index in [0.29, 0.717) is 37.9 Å². The Labute approximate surface area is 135 Å². The van der Waals surface area contributed by atoms with E-state index >= 15 is 0 Å². The lowest BCUT2D eigenvalue weighted by Crippen LogP contribution is -2.32. The summed E-state index contributed by atoms with van der Waals surface area (Å²) in [6, 6.07) is 3.42. The minimum absolute atomic E-state index is 0.00704. The standard InChI is InChI=1S/C16H25N3O4/c17-7-6-16(23)19-8-2-1-3-13(18)15(22)10-11-9-12(20)4-5-14(11)21/h4-5,9,13,20-21H,1-3,6-8,10,17-18H2,(H,19,23). The molecule has 0 spiro atoms. The van der Waals surface area contributed by atoms with Gasteiger partial charge in [0.25, 0.3) is 0 Å². The van der Waals surface area contributed by atoms with Crippen LogP contribution in [0.5, 0.6) is 11.5 Å². The SMILES string of the molecule is NCCC(=O)NCCCCC(N)C(=O)Cc1cc(O)ccc1O. The summed E-state index contributed by atoms with van der Waals surface area (Å²) >= 11 is 0. The Kier molecular flexibility index (Phi) is 8.07. The van der Waals surface area contributed by atoms with Gasteiger partial charge in [-0.2, -0.15) is 0 Å². The van der Waals surface area contributed by atoms with Gasteiger partial charge in [-0.05, 0) is 37.5 Å².